The number of aromatic amines is 1. The second kappa shape index (κ2) is 10.6. The summed E-state index contributed by atoms with van der Waals surface area (Å²) in [5, 5.41) is 2.81. The molecule has 0 spiro atoms. The fourth-order valence-electron chi connectivity index (χ4n) is 3.54. The molecule has 0 aliphatic carbocycles. The quantitative estimate of drug-likeness (QED) is 0.492. The van der Waals surface area contributed by atoms with E-state index in [2.05, 4.69) is 10.3 Å². The Morgan fingerprint density at radius 3 is 2.30 bits per heavy atom. The van der Waals surface area contributed by atoms with E-state index in [9.17, 15) is 14.4 Å². The molecule has 1 heterocycles. The molecule has 3 rings (SSSR count). The van der Waals surface area contributed by atoms with Gasteiger partial charge in [0.1, 0.15) is 5.69 Å². The number of carbonyl (C=O) groups excluding carboxylic acids is 3. The summed E-state index contributed by atoms with van der Waals surface area (Å²) in [4.78, 5) is 40.2. The van der Waals surface area contributed by atoms with Gasteiger partial charge in [0.25, 0.3) is 5.91 Å². The highest BCUT2D eigenvalue weighted by Crippen LogP contribution is 2.21. The average Bonchev–Trinajstić information content (AvgIpc) is 3.07. The molecule has 0 fully saturated rings. The van der Waals surface area contributed by atoms with E-state index >= 15 is 0 Å². The van der Waals surface area contributed by atoms with E-state index < -0.39 is 24.5 Å². The fourth-order valence-corrected chi connectivity index (χ4v) is 3.54. The van der Waals surface area contributed by atoms with Crippen LogP contribution in [0.3, 0.4) is 0 Å². The molecule has 0 radical (unpaired) electrons. The Labute approximate surface area is 193 Å². The second-order valence-electron chi connectivity index (χ2n) is 8.02. The summed E-state index contributed by atoms with van der Waals surface area (Å²) in [6.07, 6.45) is 0.378. The summed E-state index contributed by atoms with van der Waals surface area (Å²) in [6.45, 7) is 6.36. The molecule has 0 atom stereocenters. The number of benzene rings is 2. The third kappa shape index (κ3) is 6.10. The molecule has 0 unspecified atom stereocenters. The highest BCUT2D eigenvalue weighted by Gasteiger charge is 2.25. The van der Waals surface area contributed by atoms with Gasteiger partial charge in [-0.1, -0.05) is 48.5 Å². The van der Waals surface area contributed by atoms with Gasteiger partial charge < -0.3 is 19.8 Å². The van der Waals surface area contributed by atoms with Crippen molar-refractivity contribution in [2.75, 3.05) is 11.9 Å². The molecule has 3 aromatic rings. The molecule has 0 bridgehead atoms. The summed E-state index contributed by atoms with van der Waals surface area (Å²) in [7, 11) is 0. The van der Waals surface area contributed by atoms with Crippen LogP contribution >= 0.6 is 0 Å². The maximum atomic E-state index is 12.6. The number of aryl methyl sites for hydroxylation is 1. The first-order valence-corrected chi connectivity index (χ1v) is 10.7. The predicted molar refractivity (Wildman–Crippen MR) is 125 cm³/mol. The first-order valence-electron chi connectivity index (χ1n) is 10.7. The molecule has 1 amide bonds. The van der Waals surface area contributed by atoms with Gasteiger partial charge in [-0.25, -0.2) is 9.59 Å². The monoisotopic (exact) mass is 448 g/mol. The lowest BCUT2D eigenvalue weighted by molar-refractivity contribution is -0.119. The normalized spacial score (nSPS) is 10.7. The molecule has 1 aromatic heterocycles. The summed E-state index contributed by atoms with van der Waals surface area (Å²) < 4.78 is 10.4. The molecule has 0 aliphatic heterocycles. The predicted octanol–water partition coefficient (Wildman–Crippen LogP) is 4.58. The Kier molecular flexibility index (Phi) is 7.66. The maximum Gasteiger partial charge on any atom is 0.355 e. The highest BCUT2D eigenvalue weighted by molar-refractivity contribution is 6.00. The maximum absolute atomic E-state index is 12.6. The van der Waals surface area contributed by atoms with E-state index in [1.807, 2.05) is 54.6 Å². The van der Waals surface area contributed by atoms with Crippen molar-refractivity contribution in [3.05, 3.63) is 88.2 Å². The lowest BCUT2D eigenvalue weighted by Gasteiger charge is -2.11. The number of hydrogen-bond acceptors (Lipinski definition) is 5. The van der Waals surface area contributed by atoms with Crippen LogP contribution in [-0.4, -0.2) is 35.5 Å². The van der Waals surface area contributed by atoms with Crippen molar-refractivity contribution in [2.24, 2.45) is 0 Å². The zero-order valence-electron chi connectivity index (χ0n) is 19.2. The van der Waals surface area contributed by atoms with Gasteiger partial charge >= 0.3 is 11.9 Å². The van der Waals surface area contributed by atoms with E-state index in [1.54, 1.807) is 27.7 Å². The first-order chi connectivity index (χ1) is 15.8. The standard InChI is InChI=1S/C26H28N2O5/c1-16(2)33-25(30)23-17(3)24(27-18(23)4)26(31)32-15-22(29)28-21-13-9-8-12-20(21)14-19-10-6-5-7-11-19/h5-13,16,27H,14-15H2,1-4H3,(H,28,29). The zero-order valence-corrected chi connectivity index (χ0v) is 19.2. The van der Waals surface area contributed by atoms with Crippen molar-refractivity contribution in [2.45, 2.75) is 40.2 Å². The van der Waals surface area contributed by atoms with Crippen LogP contribution in [0.2, 0.25) is 0 Å². The smallest absolute Gasteiger partial charge is 0.355 e. The number of esters is 2. The lowest BCUT2D eigenvalue weighted by atomic mass is 10.0. The number of amides is 1. The third-order valence-corrected chi connectivity index (χ3v) is 5.05. The molecule has 2 aromatic carbocycles. The van der Waals surface area contributed by atoms with Crippen molar-refractivity contribution in [3.63, 3.8) is 0 Å². The molecule has 7 nitrogen and oxygen atoms in total. The number of carbonyl (C=O) groups is 3. The van der Waals surface area contributed by atoms with Gasteiger partial charge in [0.2, 0.25) is 0 Å². The van der Waals surface area contributed by atoms with Gasteiger partial charge in [0.15, 0.2) is 6.61 Å². The molecule has 172 valence electrons. The minimum atomic E-state index is -0.716. The molecule has 0 aliphatic rings. The Hall–Kier alpha value is -3.87. The van der Waals surface area contributed by atoms with Crippen molar-refractivity contribution in [1.82, 2.24) is 4.98 Å². The van der Waals surface area contributed by atoms with Crippen LogP contribution in [0.1, 0.15) is 57.1 Å². The summed E-state index contributed by atoms with van der Waals surface area (Å²) in [5.41, 5.74) is 4.09. The van der Waals surface area contributed by atoms with Gasteiger partial charge in [-0.05, 0) is 56.9 Å². The van der Waals surface area contributed by atoms with E-state index in [1.165, 1.54) is 0 Å². The highest BCUT2D eigenvalue weighted by atomic mass is 16.5. The van der Waals surface area contributed by atoms with E-state index in [0.29, 0.717) is 28.9 Å². The largest absolute Gasteiger partial charge is 0.459 e. The number of nitrogens with one attached hydrogen (secondary N) is 2. The summed E-state index contributed by atoms with van der Waals surface area (Å²) >= 11 is 0. The average molecular weight is 449 g/mol. The number of rotatable bonds is 8. The Morgan fingerprint density at radius 2 is 1.61 bits per heavy atom. The number of anilines is 1. The SMILES string of the molecule is Cc1[nH]c(C(=O)OCC(=O)Nc2ccccc2Cc2ccccc2)c(C)c1C(=O)OC(C)C. The Bertz CT molecular complexity index is 1150. The molecular formula is C26H28N2O5. The van der Waals surface area contributed by atoms with Crippen LogP contribution in [0.4, 0.5) is 5.69 Å². The molecule has 33 heavy (non-hydrogen) atoms. The number of aromatic nitrogens is 1. The molecule has 0 saturated heterocycles. The summed E-state index contributed by atoms with van der Waals surface area (Å²) in [6, 6.07) is 17.4. The van der Waals surface area contributed by atoms with Crippen molar-refractivity contribution < 1.29 is 23.9 Å². The topological polar surface area (TPSA) is 97.5 Å². The number of hydrogen-bond donors (Lipinski definition) is 2. The first kappa shape index (κ1) is 23.8. The minimum absolute atomic E-state index is 0.125. The molecule has 7 heteroatoms. The van der Waals surface area contributed by atoms with Crippen LogP contribution < -0.4 is 5.32 Å². The lowest BCUT2D eigenvalue weighted by Crippen LogP contribution is -2.22. The van der Waals surface area contributed by atoms with Gasteiger partial charge in [-0.15, -0.1) is 0 Å². The zero-order chi connectivity index (χ0) is 24.0. The number of para-hydroxylation sites is 1. The van der Waals surface area contributed by atoms with E-state index in [0.717, 1.165) is 11.1 Å². The third-order valence-electron chi connectivity index (χ3n) is 5.05. The number of ether oxygens (including phenoxy) is 2. The van der Waals surface area contributed by atoms with Crippen LogP contribution in [-0.2, 0) is 20.7 Å². The van der Waals surface area contributed by atoms with Crippen LogP contribution in [0.25, 0.3) is 0 Å². The fraction of sp³-hybridized carbons (Fsp3) is 0.269. The number of H-pyrrole nitrogens is 1. The van der Waals surface area contributed by atoms with Gasteiger partial charge in [-0.3, -0.25) is 4.79 Å². The molecule has 2 N–H and O–H groups in total. The second-order valence-corrected chi connectivity index (χ2v) is 8.02. The van der Waals surface area contributed by atoms with Crippen molar-refractivity contribution in [1.29, 1.82) is 0 Å². The van der Waals surface area contributed by atoms with E-state index in [4.69, 9.17) is 9.47 Å². The Balaban J connectivity index is 1.63. The van der Waals surface area contributed by atoms with Crippen LogP contribution in [0.15, 0.2) is 54.6 Å². The van der Waals surface area contributed by atoms with Crippen LogP contribution in [0.5, 0.6) is 0 Å². The van der Waals surface area contributed by atoms with Gasteiger partial charge in [0.05, 0.1) is 11.7 Å². The minimum Gasteiger partial charge on any atom is -0.459 e. The van der Waals surface area contributed by atoms with Crippen LogP contribution in [0, 0.1) is 13.8 Å². The summed E-state index contributed by atoms with van der Waals surface area (Å²) in [5.74, 6) is -1.68. The Morgan fingerprint density at radius 1 is 0.939 bits per heavy atom. The van der Waals surface area contributed by atoms with Crippen molar-refractivity contribution in [3.8, 4) is 0 Å². The van der Waals surface area contributed by atoms with Gasteiger partial charge in [-0.2, -0.15) is 0 Å². The molecular weight excluding hydrogens is 420 g/mol. The van der Waals surface area contributed by atoms with Crippen molar-refractivity contribution >= 4 is 23.5 Å². The van der Waals surface area contributed by atoms with E-state index in [-0.39, 0.29) is 11.8 Å². The van der Waals surface area contributed by atoms with Gasteiger partial charge in [0, 0.05) is 11.4 Å². The molecule has 0 saturated carbocycles.